The van der Waals surface area contributed by atoms with Gasteiger partial charge in [0.1, 0.15) is 25.3 Å². The molecule has 132 valence electrons. The fraction of sp³-hybridized carbons (Fsp3) is 0.130. The summed E-state index contributed by atoms with van der Waals surface area (Å²) in [5.74, 6) is 0.814. The molecule has 0 amide bonds. The van der Waals surface area contributed by atoms with Gasteiger partial charge in [-0.3, -0.25) is 0 Å². The Hall–Kier alpha value is -3.40. The molecule has 0 saturated heterocycles. The molecule has 0 atom stereocenters. The van der Waals surface area contributed by atoms with E-state index in [4.69, 9.17) is 8.83 Å². The average molecular weight is 356 g/mol. The van der Waals surface area contributed by atoms with Crippen LogP contribution in [0, 0.1) is 6.92 Å². The smallest absolute Gasteiger partial charge is 0.446 e. The van der Waals surface area contributed by atoms with Crippen molar-refractivity contribution in [1.82, 2.24) is 0 Å². The first-order valence-corrected chi connectivity index (χ1v) is 8.99. The normalized spacial score (nSPS) is 11.5. The number of aryl methyl sites for hydroxylation is 2. The zero-order valence-corrected chi connectivity index (χ0v) is 15.6. The Balaban J connectivity index is 1.84. The van der Waals surface area contributed by atoms with Crippen molar-refractivity contribution in [3.8, 4) is 22.8 Å². The number of hydrogen-bond donors (Lipinski definition) is 0. The molecule has 0 aliphatic heterocycles. The van der Waals surface area contributed by atoms with E-state index in [0.717, 1.165) is 44.8 Å². The minimum Gasteiger partial charge on any atom is -0.455 e. The van der Waals surface area contributed by atoms with Crippen molar-refractivity contribution in [3.05, 3.63) is 72.6 Å². The minimum absolute atomic E-state index is 0.814. The second kappa shape index (κ2) is 5.81. The van der Waals surface area contributed by atoms with E-state index in [2.05, 4.69) is 54.9 Å². The van der Waals surface area contributed by atoms with Gasteiger partial charge in [0.25, 0.3) is 0 Å². The summed E-state index contributed by atoms with van der Waals surface area (Å²) in [7, 11) is 4.05. The standard InChI is InChI=1S/C23H20N2O2/c1-15-11-12-17-16-7-4-5-10-20(16)27-22(17)21(15)18-8-6-9-19(25(18)3)23-24(2)13-14-26-23/h4-14H,1-3H3/q+2. The number of furan rings is 1. The molecular weight excluding hydrogens is 336 g/mol. The SMILES string of the molecule is Cc1ccc2c(oc3ccccc32)c1-c1cccc(-c2occ[n+]2C)[n+]1C. The Bertz CT molecular complexity index is 1310. The highest BCUT2D eigenvalue weighted by Crippen LogP contribution is 2.36. The number of fused-ring (bicyclic) bond motifs is 3. The lowest BCUT2D eigenvalue weighted by atomic mass is 10.0. The Labute approximate surface area is 156 Å². The molecule has 2 aromatic carbocycles. The van der Waals surface area contributed by atoms with Crippen molar-refractivity contribution in [3.63, 3.8) is 0 Å². The molecule has 0 fully saturated rings. The van der Waals surface area contributed by atoms with E-state index in [1.54, 1.807) is 6.26 Å². The molecule has 3 heterocycles. The maximum absolute atomic E-state index is 6.29. The van der Waals surface area contributed by atoms with Crippen molar-refractivity contribution in [2.75, 3.05) is 0 Å². The van der Waals surface area contributed by atoms with Crippen molar-refractivity contribution >= 4 is 21.9 Å². The van der Waals surface area contributed by atoms with Gasteiger partial charge in [0.05, 0.1) is 5.56 Å². The summed E-state index contributed by atoms with van der Waals surface area (Å²) in [6.07, 6.45) is 3.61. The molecule has 0 radical (unpaired) electrons. The molecule has 0 aliphatic carbocycles. The number of nitrogens with zero attached hydrogens (tertiary/aromatic N) is 2. The minimum atomic E-state index is 0.814. The predicted octanol–water partition coefficient (Wildman–Crippen LogP) is 4.47. The van der Waals surface area contributed by atoms with Gasteiger partial charge in [-0.2, -0.15) is 9.13 Å². The lowest BCUT2D eigenvalue weighted by Gasteiger charge is -2.06. The third-order valence-electron chi connectivity index (χ3n) is 5.25. The lowest BCUT2D eigenvalue weighted by Crippen LogP contribution is -2.38. The second-order valence-corrected chi connectivity index (χ2v) is 6.91. The summed E-state index contributed by atoms with van der Waals surface area (Å²) in [5.41, 5.74) is 6.22. The van der Waals surface area contributed by atoms with Gasteiger partial charge in [-0.1, -0.05) is 30.3 Å². The molecule has 0 spiro atoms. The third kappa shape index (κ3) is 2.30. The van der Waals surface area contributed by atoms with Crippen LogP contribution in [0.1, 0.15) is 5.56 Å². The van der Waals surface area contributed by atoms with Gasteiger partial charge in [-0.25, -0.2) is 0 Å². The molecule has 0 unspecified atom stereocenters. The number of aromatic nitrogens is 2. The van der Waals surface area contributed by atoms with Crippen LogP contribution in [0.3, 0.4) is 0 Å². The van der Waals surface area contributed by atoms with E-state index in [1.165, 1.54) is 5.56 Å². The molecule has 5 rings (SSSR count). The third-order valence-corrected chi connectivity index (χ3v) is 5.25. The summed E-state index contributed by atoms with van der Waals surface area (Å²) in [5, 5.41) is 2.28. The zero-order valence-electron chi connectivity index (χ0n) is 15.6. The molecule has 3 aromatic heterocycles. The van der Waals surface area contributed by atoms with E-state index >= 15 is 0 Å². The van der Waals surface area contributed by atoms with E-state index < -0.39 is 0 Å². The van der Waals surface area contributed by atoms with Crippen molar-refractivity contribution in [2.24, 2.45) is 14.1 Å². The Morgan fingerprint density at radius 2 is 1.63 bits per heavy atom. The van der Waals surface area contributed by atoms with Gasteiger partial charge < -0.3 is 8.83 Å². The zero-order chi connectivity index (χ0) is 18.5. The van der Waals surface area contributed by atoms with Crippen LogP contribution < -0.4 is 9.13 Å². The van der Waals surface area contributed by atoms with Crippen LogP contribution in [-0.2, 0) is 14.1 Å². The summed E-state index contributed by atoms with van der Waals surface area (Å²) < 4.78 is 16.1. The maximum Gasteiger partial charge on any atom is 0.446 e. The molecular formula is C23H20N2O2+2. The predicted molar refractivity (Wildman–Crippen MR) is 104 cm³/mol. The number of benzene rings is 2. The molecule has 4 nitrogen and oxygen atoms in total. The monoisotopic (exact) mass is 356 g/mol. The quantitative estimate of drug-likeness (QED) is 0.437. The van der Waals surface area contributed by atoms with Gasteiger partial charge in [0, 0.05) is 22.9 Å². The maximum atomic E-state index is 6.29. The molecule has 0 bridgehead atoms. The van der Waals surface area contributed by atoms with Crippen LogP contribution in [0.4, 0.5) is 0 Å². The van der Waals surface area contributed by atoms with Crippen LogP contribution in [0.2, 0.25) is 0 Å². The van der Waals surface area contributed by atoms with Crippen molar-refractivity contribution < 1.29 is 18.0 Å². The molecule has 0 N–H and O–H groups in total. The molecule has 4 heteroatoms. The van der Waals surface area contributed by atoms with Crippen LogP contribution in [0.5, 0.6) is 0 Å². The van der Waals surface area contributed by atoms with Crippen LogP contribution >= 0.6 is 0 Å². The van der Waals surface area contributed by atoms with E-state index in [-0.39, 0.29) is 0 Å². The number of oxazole rings is 1. The molecule has 27 heavy (non-hydrogen) atoms. The largest absolute Gasteiger partial charge is 0.455 e. The average Bonchev–Trinajstić information content (AvgIpc) is 3.26. The summed E-state index contributed by atoms with van der Waals surface area (Å²) in [4.78, 5) is 0. The first-order chi connectivity index (χ1) is 13.1. The van der Waals surface area contributed by atoms with Gasteiger partial charge in [0.2, 0.25) is 11.9 Å². The fourth-order valence-corrected chi connectivity index (χ4v) is 3.83. The molecule has 0 saturated carbocycles. The summed E-state index contributed by atoms with van der Waals surface area (Å²) >= 11 is 0. The fourth-order valence-electron chi connectivity index (χ4n) is 3.83. The Morgan fingerprint density at radius 3 is 2.44 bits per heavy atom. The molecule has 0 aliphatic rings. The van der Waals surface area contributed by atoms with Crippen LogP contribution in [0.25, 0.3) is 44.8 Å². The van der Waals surface area contributed by atoms with Crippen molar-refractivity contribution in [1.29, 1.82) is 0 Å². The highest BCUT2D eigenvalue weighted by molar-refractivity contribution is 6.09. The topological polar surface area (TPSA) is 34.0 Å². The van der Waals surface area contributed by atoms with Gasteiger partial charge >= 0.3 is 11.6 Å². The molecule has 5 aromatic rings. The first kappa shape index (κ1) is 15.8. The summed E-state index contributed by atoms with van der Waals surface area (Å²) in [6, 6.07) is 18.8. The number of pyridine rings is 1. The van der Waals surface area contributed by atoms with Gasteiger partial charge in [-0.05, 0) is 24.6 Å². The highest BCUT2D eigenvalue weighted by Gasteiger charge is 2.28. The Morgan fingerprint density at radius 1 is 0.815 bits per heavy atom. The number of para-hydroxylation sites is 1. The lowest BCUT2D eigenvalue weighted by molar-refractivity contribution is -0.687. The van der Waals surface area contributed by atoms with E-state index in [0.29, 0.717) is 0 Å². The van der Waals surface area contributed by atoms with Gasteiger partial charge in [0.15, 0.2) is 6.26 Å². The van der Waals surface area contributed by atoms with E-state index in [9.17, 15) is 0 Å². The van der Waals surface area contributed by atoms with Crippen LogP contribution in [-0.4, -0.2) is 0 Å². The summed E-state index contributed by atoms with van der Waals surface area (Å²) in [6.45, 7) is 2.13. The number of rotatable bonds is 2. The van der Waals surface area contributed by atoms with E-state index in [1.807, 2.05) is 36.0 Å². The Kier molecular flexibility index (Phi) is 3.41. The highest BCUT2D eigenvalue weighted by atomic mass is 16.3. The van der Waals surface area contributed by atoms with Crippen LogP contribution in [0.15, 0.2) is 75.9 Å². The van der Waals surface area contributed by atoms with Crippen molar-refractivity contribution in [2.45, 2.75) is 6.92 Å². The number of hydrogen-bond acceptors (Lipinski definition) is 2. The van der Waals surface area contributed by atoms with Gasteiger partial charge in [-0.15, -0.1) is 0 Å². The first-order valence-electron chi connectivity index (χ1n) is 8.99. The second-order valence-electron chi connectivity index (χ2n) is 6.91.